The lowest BCUT2D eigenvalue weighted by Crippen LogP contribution is -2.45. The van der Waals surface area contributed by atoms with E-state index in [9.17, 15) is 9.90 Å². The first-order valence-corrected chi connectivity index (χ1v) is 8.17. The third-order valence-corrected chi connectivity index (χ3v) is 5.33. The van der Waals surface area contributed by atoms with E-state index >= 15 is 0 Å². The molecule has 2 fully saturated rings. The Hall–Kier alpha value is -1.35. The number of rotatable bonds is 3. The molecule has 0 spiro atoms. The first-order chi connectivity index (χ1) is 10.1. The molecule has 3 heteroatoms. The maximum Gasteiger partial charge on any atom is 0.308 e. The molecule has 1 aliphatic heterocycles. The second-order valence-corrected chi connectivity index (χ2v) is 6.82. The number of carboxylic acid groups (broad SMARTS) is 1. The minimum Gasteiger partial charge on any atom is -0.481 e. The van der Waals surface area contributed by atoms with Gasteiger partial charge in [0.15, 0.2) is 0 Å². The van der Waals surface area contributed by atoms with Crippen LogP contribution in [0.4, 0.5) is 0 Å². The van der Waals surface area contributed by atoms with Crippen LogP contribution < -0.4 is 0 Å². The molecule has 114 valence electrons. The van der Waals surface area contributed by atoms with E-state index in [4.69, 9.17) is 0 Å². The molecule has 1 aromatic rings. The highest BCUT2D eigenvalue weighted by Crippen LogP contribution is 2.39. The van der Waals surface area contributed by atoms with Crippen LogP contribution in [0.25, 0.3) is 0 Å². The third kappa shape index (κ3) is 3.13. The molecule has 4 atom stereocenters. The van der Waals surface area contributed by atoms with Crippen LogP contribution in [0.15, 0.2) is 30.3 Å². The molecule has 1 N–H and O–H groups in total. The average molecular weight is 287 g/mol. The lowest BCUT2D eigenvalue weighted by atomic mass is 9.75. The zero-order valence-electron chi connectivity index (χ0n) is 12.7. The van der Waals surface area contributed by atoms with E-state index < -0.39 is 5.97 Å². The Bertz CT molecular complexity index is 487. The number of benzene rings is 1. The van der Waals surface area contributed by atoms with Gasteiger partial charge in [-0.25, -0.2) is 0 Å². The fourth-order valence-electron chi connectivity index (χ4n) is 4.14. The molecule has 2 aliphatic rings. The molecule has 21 heavy (non-hydrogen) atoms. The number of likely N-dealkylation sites (tertiary alicyclic amines) is 1. The molecule has 3 rings (SSSR count). The van der Waals surface area contributed by atoms with Gasteiger partial charge in [0.25, 0.3) is 0 Å². The van der Waals surface area contributed by atoms with E-state index in [1.54, 1.807) is 0 Å². The predicted molar refractivity (Wildman–Crippen MR) is 83.3 cm³/mol. The summed E-state index contributed by atoms with van der Waals surface area (Å²) in [7, 11) is 0. The minimum atomic E-state index is -0.605. The molecule has 1 aliphatic carbocycles. The summed E-state index contributed by atoms with van der Waals surface area (Å²) < 4.78 is 0. The van der Waals surface area contributed by atoms with Crippen molar-refractivity contribution in [1.29, 1.82) is 0 Å². The molecule has 0 amide bonds. The summed E-state index contributed by atoms with van der Waals surface area (Å²) in [5.74, 6) is 0.431. The number of nitrogens with zero attached hydrogens (tertiary/aromatic N) is 1. The summed E-state index contributed by atoms with van der Waals surface area (Å²) in [6.07, 6.45) is 4.01. The molecular weight excluding hydrogens is 262 g/mol. The van der Waals surface area contributed by atoms with Crippen molar-refractivity contribution >= 4 is 5.97 Å². The summed E-state index contributed by atoms with van der Waals surface area (Å²) in [6.45, 7) is 4.40. The van der Waals surface area contributed by atoms with Crippen molar-refractivity contribution in [2.45, 2.75) is 44.6 Å². The van der Waals surface area contributed by atoms with Crippen LogP contribution in [0.2, 0.25) is 0 Å². The molecule has 1 heterocycles. The monoisotopic (exact) mass is 287 g/mol. The van der Waals surface area contributed by atoms with Gasteiger partial charge < -0.3 is 5.11 Å². The van der Waals surface area contributed by atoms with Crippen LogP contribution >= 0.6 is 0 Å². The summed E-state index contributed by atoms with van der Waals surface area (Å²) >= 11 is 0. The maximum atomic E-state index is 11.6. The maximum absolute atomic E-state index is 11.6. The molecule has 3 nitrogen and oxygen atoms in total. The predicted octanol–water partition coefficient (Wildman–Crippen LogP) is 3.37. The zero-order chi connectivity index (χ0) is 14.8. The lowest BCUT2D eigenvalue weighted by Gasteiger charge is -2.39. The van der Waals surface area contributed by atoms with Crippen molar-refractivity contribution in [2.75, 3.05) is 13.1 Å². The van der Waals surface area contributed by atoms with Gasteiger partial charge >= 0.3 is 5.97 Å². The van der Waals surface area contributed by atoms with E-state index in [1.807, 2.05) is 6.07 Å². The highest BCUT2D eigenvalue weighted by atomic mass is 16.4. The van der Waals surface area contributed by atoms with Gasteiger partial charge in [0, 0.05) is 12.6 Å². The Morgan fingerprint density at radius 2 is 1.95 bits per heavy atom. The fraction of sp³-hybridized carbons (Fsp3) is 0.611. The van der Waals surface area contributed by atoms with Gasteiger partial charge in [-0.3, -0.25) is 9.69 Å². The fourth-order valence-corrected chi connectivity index (χ4v) is 4.14. The molecule has 0 aromatic heterocycles. The first kappa shape index (κ1) is 14.6. The van der Waals surface area contributed by atoms with Crippen LogP contribution in [-0.4, -0.2) is 35.1 Å². The highest BCUT2D eigenvalue weighted by Gasteiger charge is 2.40. The lowest BCUT2D eigenvalue weighted by molar-refractivity contribution is -0.145. The topological polar surface area (TPSA) is 40.5 Å². The summed E-state index contributed by atoms with van der Waals surface area (Å²) in [5.41, 5.74) is 1.37. The molecule has 1 saturated carbocycles. The number of hydrogen-bond acceptors (Lipinski definition) is 2. The molecule has 4 unspecified atom stereocenters. The normalized spacial score (nSPS) is 34.0. The van der Waals surface area contributed by atoms with E-state index in [1.165, 1.54) is 12.0 Å². The molecule has 0 bridgehead atoms. The smallest absolute Gasteiger partial charge is 0.308 e. The third-order valence-electron chi connectivity index (χ3n) is 5.33. The largest absolute Gasteiger partial charge is 0.481 e. The Labute approximate surface area is 127 Å². The van der Waals surface area contributed by atoms with Crippen LogP contribution in [0.5, 0.6) is 0 Å². The molecule has 1 saturated heterocycles. The van der Waals surface area contributed by atoms with E-state index in [-0.39, 0.29) is 12.0 Å². The Morgan fingerprint density at radius 3 is 2.57 bits per heavy atom. The standard InChI is InChI=1S/C18H25NO2/c1-13-9-10-19(12-13)17-11-15(7-8-16(17)18(20)21)14-5-3-2-4-6-14/h2-6,13,15-17H,7-12H2,1H3,(H,20,21). The minimum absolute atomic E-state index is 0.185. The summed E-state index contributed by atoms with van der Waals surface area (Å²) in [5, 5.41) is 9.57. The van der Waals surface area contributed by atoms with Crippen molar-refractivity contribution < 1.29 is 9.90 Å². The SMILES string of the molecule is CC1CCN(C2CC(c3ccccc3)CCC2C(=O)O)C1. The van der Waals surface area contributed by atoms with Crippen LogP contribution in [0, 0.1) is 11.8 Å². The zero-order valence-corrected chi connectivity index (χ0v) is 12.7. The first-order valence-electron chi connectivity index (χ1n) is 8.17. The Balaban J connectivity index is 1.77. The van der Waals surface area contributed by atoms with Crippen LogP contribution in [0.1, 0.15) is 44.1 Å². The summed E-state index contributed by atoms with van der Waals surface area (Å²) in [6, 6.07) is 10.8. The van der Waals surface area contributed by atoms with Gasteiger partial charge in [0.2, 0.25) is 0 Å². The van der Waals surface area contributed by atoms with Crippen molar-refractivity contribution in [3.05, 3.63) is 35.9 Å². The molecular formula is C18H25NO2. The van der Waals surface area contributed by atoms with Crippen molar-refractivity contribution in [3.63, 3.8) is 0 Å². The number of carboxylic acids is 1. The van der Waals surface area contributed by atoms with E-state index in [0.717, 1.165) is 32.4 Å². The van der Waals surface area contributed by atoms with Gasteiger partial charge in [0.1, 0.15) is 0 Å². The van der Waals surface area contributed by atoms with E-state index in [0.29, 0.717) is 11.8 Å². The van der Waals surface area contributed by atoms with Crippen molar-refractivity contribution in [3.8, 4) is 0 Å². The second kappa shape index (κ2) is 6.18. The van der Waals surface area contributed by atoms with Gasteiger partial charge in [-0.2, -0.15) is 0 Å². The number of aliphatic carboxylic acids is 1. The number of carbonyl (C=O) groups is 1. The highest BCUT2D eigenvalue weighted by molar-refractivity contribution is 5.71. The Morgan fingerprint density at radius 1 is 1.19 bits per heavy atom. The van der Waals surface area contributed by atoms with Gasteiger partial charge in [-0.1, -0.05) is 37.3 Å². The average Bonchev–Trinajstić information content (AvgIpc) is 2.94. The van der Waals surface area contributed by atoms with Gasteiger partial charge in [0.05, 0.1) is 5.92 Å². The summed E-state index contributed by atoms with van der Waals surface area (Å²) in [4.78, 5) is 14.1. The Kier molecular flexibility index (Phi) is 4.29. The van der Waals surface area contributed by atoms with Crippen molar-refractivity contribution in [2.24, 2.45) is 11.8 Å². The second-order valence-electron chi connectivity index (χ2n) is 6.82. The molecule has 1 aromatic carbocycles. The van der Waals surface area contributed by atoms with Gasteiger partial charge in [-0.05, 0) is 49.6 Å². The van der Waals surface area contributed by atoms with Crippen molar-refractivity contribution in [1.82, 2.24) is 4.90 Å². The molecule has 0 radical (unpaired) electrons. The van der Waals surface area contributed by atoms with Gasteiger partial charge in [-0.15, -0.1) is 0 Å². The number of hydrogen-bond donors (Lipinski definition) is 1. The quantitative estimate of drug-likeness (QED) is 0.926. The van der Waals surface area contributed by atoms with Crippen LogP contribution in [-0.2, 0) is 4.79 Å². The van der Waals surface area contributed by atoms with Crippen LogP contribution in [0.3, 0.4) is 0 Å². The van der Waals surface area contributed by atoms with E-state index in [2.05, 4.69) is 36.1 Å².